The van der Waals surface area contributed by atoms with Gasteiger partial charge in [-0.3, -0.25) is 0 Å². The molecule has 0 unspecified atom stereocenters. The molecule has 0 spiro atoms. The number of anilines is 1. The van der Waals surface area contributed by atoms with Crippen LogP contribution in [-0.4, -0.2) is 24.8 Å². The summed E-state index contributed by atoms with van der Waals surface area (Å²) in [5.74, 6) is -2.62. The Balaban J connectivity index is 1.72. The van der Waals surface area contributed by atoms with Crippen LogP contribution < -0.4 is 14.8 Å². The maximum absolute atomic E-state index is 14.3. The predicted octanol–water partition coefficient (Wildman–Crippen LogP) is 3.76. The van der Waals surface area contributed by atoms with Crippen LogP contribution in [0.3, 0.4) is 0 Å². The second-order valence-corrected chi connectivity index (χ2v) is 6.31. The zero-order valence-corrected chi connectivity index (χ0v) is 15.4. The Morgan fingerprint density at radius 2 is 1.71 bits per heavy atom. The number of halogens is 1. The Hall–Kier alpha value is -3.55. The first kappa shape index (κ1) is 19.2. The number of hydrogen-bond acceptors (Lipinski definition) is 7. The normalized spacial score (nSPS) is 15.4. The summed E-state index contributed by atoms with van der Waals surface area (Å²) in [5, 5.41) is 2.67. The predicted molar refractivity (Wildman–Crippen MR) is 97.4 cm³/mol. The Labute approximate surface area is 160 Å². The molecule has 1 fully saturated rings. The molecule has 7 nitrogen and oxygen atoms in total. The lowest BCUT2D eigenvalue weighted by Gasteiger charge is -2.29. The molecule has 1 saturated heterocycles. The fraction of sp³-hybridized carbons (Fsp3) is 0.200. The van der Waals surface area contributed by atoms with E-state index in [1.807, 2.05) is 0 Å². The number of cyclic esters (lactones) is 2. The van der Waals surface area contributed by atoms with E-state index in [4.69, 9.17) is 18.9 Å². The first-order chi connectivity index (χ1) is 13.3. The van der Waals surface area contributed by atoms with Crippen molar-refractivity contribution in [2.24, 2.45) is 0 Å². The lowest BCUT2D eigenvalue weighted by Crippen LogP contribution is -2.42. The number of carbonyl (C=O) groups excluding carboxylic acids is 2. The second kappa shape index (κ2) is 7.59. The van der Waals surface area contributed by atoms with Gasteiger partial charge in [-0.1, -0.05) is 6.07 Å². The SMILES string of the molecule is COc1cccc(Oc2ccc(NC=C3C(=O)OC(C)(C)OC3=O)cc2F)c1. The van der Waals surface area contributed by atoms with Gasteiger partial charge in [0.2, 0.25) is 0 Å². The number of esters is 2. The number of rotatable bonds is 5. The maximum Gasteiger partial charge on any atom is 0.350 e. The van der Waals surface area contributed by atoms with E-state index in [1.54, 1.807) is 24.3 Å². The summed E-state index contributed by atoms with van der Waals surface area (Å²) >= 11 is 0. The molecule has 0 radical (unpaired) electrons. The Kier molecular flexibility index (Phi) is 5.21. The van der Waals surface area contributed by atoms with Crippen LogP contribution in [-0.2, 0) is 19.1 Å². The van der Waals surface area contributed by atoms with Crippen molar-refractivity contribution in [1.82, 2.24) is 0 Å². The minimum Gasteiger partial charge on any atom is -0.497 e. The van der Waals surface area contributed by atoms with Crippen molar-refractivity contribution in [2.45, 2.75) is 19.6 Å². The number of carbonyl (C=O) groups is 2. The Morgan fingerprint density at radius 1 is 1.04 bits per heavy atom. The van der Waals surface area contributed by atoms with E-state index in [0.29, 0.717) is 17.2 Å². The lowest BCUT2D eigenvalue weighted by molar-refractivity contribution is -0.222. The van der Waals surface area contributed by atoms with Crippen LogP contribution in [0, 0.1) is 5.82 Å². The molecule has 0 saturated carbocycles. The summed E-state index contributed by atoms with van der Waals surface area (Å²) in [5.41, 5.74) is -0.0233. The van der Waals surface area contributed by atoms with E-state index in [0.717, 1.165) is 12.3 Å². The molecule has 0 aliphatic carbocycles. The number of benzene rings is 2. The van der Waals surface area contributed by atoms with Gasteiger partial charge in [0.05, 0.1) is 7.11 Å². The highest BCUT2D eigenvalue weighted by Gasteiger charge is 2.38. The molecule has 8 heteroatoms. The van der Waals surface area contributed by atoms with Crippen molar-refractivity contribution in [1.29, 1.82) is 0 Å². The molecule has 1 heterocycles. The monoisotopic (exact) mass is 387 g/mol. The van der Waals surface area contributed by atoms with Gasteiger partial charge < -0.3 is 24.3 Å². The molecule has 2 aromatic rings. The number of nitrogens with one attached hydrogen (secondary N) is 1. The number of methoxy groups -OCH3 is 1. The molecular weight excluding hydrogens is 369 g/mol. The quantitative estimate of drug-likeness (QED) is 0.475. The van der Waals surface area contributed by atoms with Gasteiger partial charge in [-0.15, -0.1) is 0 Å². The smallest absolute Gasteiger partial charge is 0.350 e. The van der Waals surface area contributed by atoms with E-state index >= 15 is 0 Å². The maximum atomic E-state index is 14.3. The number of ether oxygens (including phenoxy) is 4. The number of hydrogen-bond donors (Lipinski definition) is 1. The topological polar surface area (TPSA) is 83.1 Å². The molecule has 1 aliphatic rings. The van der Waals surface area contributed by atoms with Crippen molar-refractivity contribution in [3.05, 3.63) is 60.1 Å². The third-order valence-corrected chi connectivity index (χ3v) is 3.70. The molecule has 0 amide bonds. The van der Waals surface area contributed by atoms with Gasteiger partial charge in [-0.25, -0.2) is 14.0 Å². The van der Waals surface area contributed by atoms with E-state index in [2.05, 4.69) is 5.32 Å². The zero-order valence-electron chi connectivity index (χ0n) is 15.4. The van der Waals surface area contributed by atoms with E-state index in [-0.39, 0.29) is 11.3 Å². The molecule has 28 heavy (non-hydrogen) atoms. The largest absolute Gasteiger partial charge is 0.497 e. The first-order valence-electron chi connectivity index (χ1n) is 8.32. The van der Waals surface area contributed by atoms with Crippen LogP contribution in [0.1, 0.15) is 13.8 Å². The van der Waals surface area contributed by atoms with Crippen molar-refractivity contribution in [2.75, 3.05) is 12.4 Å². The summed E-state index contributed by atoms with van der Waals surface area (Å²) < 4.78 is 34.9. The Bertz CT molecular complexity index is 931. The van der Waals surface area contributed by atoms with E-state index in [9.17, 15) is 14.0 Å². The van der Waals surface area contributed by atoms with Gasteiger partial charge in [0.25, 0.3) is 5.79 Å². The van der Waals surface area contributed by atoms with E-state index < -0.39 is 23.5 Å². The molecule has 1 N–H and O–H groups in total. The second-order valence-electron chi connectivity index (χ2n) is 6.31. The zero-order chi connectivity index (χ0) is 20.3. The van der Waals surface area contributed by atoms with Crippen molar-refractivity contribution in [3.8, 4) is 17.2 Å². The highest BCUT2D eigenvalue weighted by Crippen LogP contribution is 2.29. The highest BCUT2D eigenvalue weighted by molar-refractivity contribution is 6.15. The Morgan fingerprint density at radius 3 is 2.36 bits per heavy atom. The van der Waals surface area contributed by atoms with Crippen LogP contribution in [0.2, 0.25) is 0 Å². The van der Waals surface area contributed by atoms with Gasteiger partial charge in [0.1, 0.15) is 11.5 Å². The van der Waals surface area contributed by atoms with Crippen LogP contribution >= 0.6 is 0 Å². The van der Waals surface area contributed by atoms with Crippen LogP contribution in [0.25, 0.3) is 0 Å². The fourth-order valence-electron chi connectivity index (χ4n) is 2.40. The summed E-state index contributed by atoms with van der Waals surface area (Å²) in [4.78, 5) is 23.8. The van der Waals surface area contributed by atoms with Gasteiger partial charge in [-0.2, -0.15) is 0 Å². The summed E-state index contributed by atoms with van der Waals surface area (Å²) in [6.07, 6.45) is 1.11. The first-order valence-corrected chi connectivity index (χ1v) is 8.32. The molecule has 2 aromatic carbocycles. The van der Waals surface area contributed by atoms with Crippen molar-refractivity contribution in [3.63, 3.8) is 0 Å². The van der Waals surface area contributed by atoms with Gasteiger partial charge in [-0.05, 0) is 24.3 Å². The third kappa shape index (κ3) is 4.40. The summed E-state index contributed by atoms with van der Waals surface area (Å²) in [6.45, 7) is 2.90. The van der Waals surface area contributed by atoms with Crippen molar-refractivity contribution >= 4 is 17.6 Å². The highest BCUT2D eigenvalue weighted by atomic mass is 19.1. The van der Waals surface area contributed by atoms with Gasteiger partial charge >= 0.3 is 11.9 Å². The molecule has 1 aliphatic heterocycles. The standard InChI is InChI=1S/C20H18FNO6/c1-20(2)27-18(23)15(19(24)28-20)11-22-12-7-8-17(16(21)9-12)26-14-6-4-5-13(10-14)25-3/h4-11,22H,1-3H3. The average molecular weight is 387 g/mol. The molecular formula is C20H18FNO6. The summed E-state index contributed by atoms with van der Waals surface area (Å²) in [6, 6.07) is 10.9. The molecule has 0 atom stereocenters. The van der Waals surface area contributed by atoms with Gasteiger partial charge in [0.15, 0.2) is 17.1 Å². The lowest BCUT2D eigenvalue weighted by atomic mass is 10.2. The van der Waals surface area contributed by atoms with Crippen LogP contribution in [0.4, 0.5) is 10.1 Å². The van der Waals surface area contributed by atoms with Gasteiger partial charge in [0, 0.05) is 37.9 Å². The van der Waals surface area contributed by atoms with Crippen LogP contribution in [0.5, 0.6) is 17.2 Å². The summed E-state index contributed by atoms with van der Waals surface area (Å²) in [7, 11) is 1.52. The minimum atomic E-state index is -1.32. The molecule has 3 rings (SSSR count). The van der Waals surface area contributed by atoms with E-state index in [1.165, 1.54) is 33.1 Å². The molecule has 146 valence electrons. The fourth-order valence-corrected chi connectivity index (χ4v) is 2.40. The van der Waals surface area contributed by atoms with Crippen molar-refractivity contribution < 1.29 is 32.9 Å². The minimum absolute atomic E-state index is 0.00434. The molecule has 0 aromatic heterocycles. The van der Waals surface area contributed by atoms with Crippen LogP contribution in [0.15, 0.2) is 54.2 Å². The average Bonchev–Trinajstić information content (AvgIpc) is 2.62. The molecule has 0 bridgehead atoms. The third-order valence-electron chi connectivity index (χ3n) is 3.70.